The zero-order valence-electron chi connectivity index (χ0n) is 12.7. The lowest BCUT2D eigenvalue weighted by Crippen LogP contribution is -2.12. The molecule has 1 amide bonds. The summed E-state index contributed by atoms with van der Waals surface area (Å²) in [6.07, 6.45) is 4.48. The van der Waals surface area contributed by atoms with Gasteiger partial charge in [0.25, 0.3) is 5.91 Å². The van der Waals surface area contributed by atoms with Crippen LogP contribution in [0.5, 0.6) is 0 Å². The summed E-state index contributed by atoms with van der Waals surface area (Å²) in [5, 5.41) is 7.41. The number of carbonyl (C=O) groups excluding carboxylic acids is 2. The molecule has 24 heavy (non-hydrogen) atoms. The first-order valence-corrected chi connectivity index (χ1v) is 7.50. The highest BCUT2D eigenvalue weighted by Gasteiger charge is 2.11. The number of nitrogens with one attached hydrogen (secondary N) is 1. The van der Waals surface area contributed by atoms with Crippen molar-refractivity contribution in [1.29, 1.82) is 0 Å². The number of amides is 1. The molecule has 0 fully saturated rings. The van der Waals surface area contributed by atoms with Crippen LogP contribution in [0.4, 0.5) is 5.82 Å². The SMILES string of the molecule is CC(=O)c1ccc(NC(=O)c2cnn(-c3cccc(Cl)c3)c2)nc1. The largest absolute Gasteiger partial charge is 0.306 e. The van der Waals surface area contributed by atoms with Crippen molar-refractivity contribution < 1.29 is 9.59 Å². The average Bonchev–Trinajstić information content (AvgIpc) is 3.05. The Morgan fingerprint density at radius 1 is 1.12 bits per heavy atom. The van der Waals surface area contributed by atoms with Gasteiger partial charge in [-0.05, 0) is 37.3 Å². The van der Waals surface area contributed by atoms with E-state index in [9.17, 15) is 9.59 Å². The van der Waals surface area contributed by atoms with E-state index in [1.807, 2.05) is 6.07 Å². The fourth-order valence-corrected chi connectivity index (χ4v) is 2.25. The molecular weight excluding hydrogens is 328 g/mol. The molecule has 3 aromatic rings. The minimum Gasteiger partial charge on any atom is -0.306 e. The van der Waals surface area contributed by atoms with Gasteiger partial charge in [0.2, 0.25) is 0 Å². The van der Waals surface area contributed by atoms with Gasteiger partial charge < -0.3 is 5.32 Å². The molecule has 0 radical (unpaired) electrons. The van der Waals surface area contributed by atoms with E-state index < -0.39 is 0 Å². The van der Waals surface area contributed by atoms with Gasteiger partial charge in [-0.2, -0.15) is 5.10 Å². The van der Waals surface area contributed by atoms with Gasteiger partial charge in [-0.25, -0.2) is 9.67 Å². The summed E-state index contributed by atoms with van der Waals surface area (Å²) < 4.78 is 1.56. The summed E-state index contributed by atoms with van der Waals surface area (Å²) in [7, 11) is 0. The van der Waals surface area contributed by atoms with E-state index in [2.05, 4.69) is 15.4 Å². The summed E-state index contributed by atoms with van der Waals surface area (Å²) in [5.74, 6) is -0.0602. The lowest BCUT2D eigenvalue weighted by molar-refractivity contribution is 0.101. The number of hydrogen-bond donors (Lipinski definition) is 1. The Morgan fingerprint density at radius 2 is 1.96 bits per heavy atom. The smallest absolute Gasteiger partial charge is 0.260 e. The normalized spacial score (nSPS) is 10.4. The van der Waals surface area contributed by atoms with Crippen LogP contribution in [0.15, 0.2) is 55.0 Å². The number of anilines is 1. The predicted molar refractivity (Wildman–Crippen MR) is 90.8 cm³/mol. The minimum absolute atomic E-state index is 0.0804. The zero-order chi connectivity index (χ0) is 17.1. The third-order valence-corrected chi connectivity index (χ3v) is 3.56. The van der Waals surface area contributed by atoms with E-state index >= 15 is 0 Å². The fraction of sp³-hybridized carbons (Fsp3) is 0.0588. The molecule has 0 aliphatic heterocycles. The van der Waals surface area contributed by atoms with Crippen LogP contribution in [0.1, 0.15) is 27.6 Å². The lowest BCUT2D eigenvalue weighted by atomic mass is 10.2. The van der Waals surface area contributed by atoms with Gasteiger partial charge >= 0.3 is 0 Å². The topological polar surface area (TPSA) is 76.9 Å². The van der Waals surface area contributed by atoms with Crippen LogP contribution in [-0.4, -0.2) is 26.5 Å². The fourth-order valence-electron chi connectivity index (χ4n) is 2.06. The van der Waals surface area contributed by atoms with Crippen LogP contribution >= 0.6 is 11.6 Å². The van der Waals surface area contributed by atoms with Crippen molar-refractivity contribution in [3.63, 3.8) is 0 Å². The summed E-state index contributed by atoms with van der Waals surface area (Å²) >= 11 is 5.95. The monoisotopic (exact) mass is 340 g/mol. The van der Waals surface area contributed by atoms with E-state index in [0.29, 0.717) is 22.0 Å². The van der Waals surface area contributed by atoms with Crippen molar-refractivity contribution in [3.05, 3.63) is 71.1 Å². The van der Waals surface area contributed by atoms with Crippen molar-refractivity contribution in [2.75, 3.05) is 5.32 Å². The molecule has 0 spiro atoms. The van der Waals surface area contributed by atoms with Gasteiger partial charge in [0.15, 0.2) is 5.78 Å². The second-order valence-electron chi connectivity index (χ2n) is 5.10. The Labute approximate surface area is 143 Å². The Kier molecular flexibility index (Phi) is 4.39. The molecule has 120 valence electrons. The number of benzene rings is 1. The van der Waals surface area contributed by atoms with Gasteiger partial charge in [-0.3, -0.25) is 9.59 Å². The highest BCUT2D eigenvalue weighted by molar-refractivity contribution is 6.30. The van der Waals surface area contributed by atoms with Crippen molar-refractivity contribution in [3.8, 4) is 5.69 Å². The van der Waals surface area contributed by atoms with E-state index in [1.165, 1.54) is 19.3 Å². The van der Waals surface area contributed by atoms with Crippen LogP contribution < -0.4 is 5.32 Å². The number of hydrogen-bond acceptors (Lipinski definition) is 4. The number of pyridine rings is 1. The van der Waals surface area contributed by atoms with E-state index in [-0.39, 0.29) is 11.7 Å². The van der Waals surface area contributed by atoms with Gasteiger partial charge in [-0.1, -0.05) is 17.7 Å². The van der Waals surface area contributed by atoms with Gasteiger partial charge in [0.05, 0.1) is 17.4 Å². The summed E-state index contributed by atoms with van der Waals surface area (Å²) in [5.41, 5.74) is 1.62. The highest BCUT2D eigenvalue weighted by atomic mass is 35.5. The van der Waals surface area contributed by atoms with Crippen LogP contribution in [0.3, 0.4) is 0 Å². The number of rotatable bonds is 4. The molecule has 2 aromatic heterocycles. The van der Waals surface area contributed by atoms with E-state index in [0.717, 1.165) is 5.69 Å². The minimum atomic E-state index is -0.341. The molecule has 7 heteroatoms. The molecule has 0 saturated heterocycles. The third-order valence-electron chi connectivity index (χ3n) is 3.33. The van der Waals surface area contributed by atoms with Crippen molar-refractivity contribution >= 4 is 29.1 Å². The second-order valence-corrected chi connectivity index (χ2v) is 5.53. The molecule has 3 rings (SSSR count). The lowest BCUT2D eigenvalue weighted by Gasteiger charge is -2.03. The zero-order valence-corrected chi connectivity index (χ0v) is 13.5. The number of carbonyl (C=O) groups is 2. The van der Waals surface area contributed by atoms with Gasteiger partial charge in [0.1, 0.15) is 5.82 Å². The molecule has 0 atom stereocenters. The molecule has 1 aromatic carbocycles. The number of ketones is 1. The molecule has 6 nitrogen and oxygen atoms in total. The molecule has 1 N–H and O–H groups in total. The van der Waals surface area contributed by atoms with Crippen LogP contribution in [0.25, 0.3) is 5.69 Å². The van der Waals surface area contributed by atoms with Gasteiger partial charge in [0, 0.05) is 23.0 Å². The summed E-state index contributed by atoms with van der Waals surface area (Å²) in [4.78, 5) is 27.5. The van der Waals surface area contributed by atoms with Crippen molar-refractivity contribution in [1.82, 2.24) is 14.8 Å². The number of Topliss-reactive ketones (excluding diaryl/α,β-unsaturated/α-hetero) is 1. The average molecular weight is 341 g/mol. The molecule has 2 heterocycles. The van der Waals surface area contributed by atoms with Gasteiger partial charge in [-0.15, -0.1) is 0 Å². The molecule has 0 aliphatic carbocycles. The number of nitrogens with zero attached hydrogens (tertiary/aromatic N) is 3. The first-order valence-electron chi connectivity index (χ1n) is 7.12. The van der Waals surface area contributed by atoms with Crippen molar-refractivity contribution in [2.45, 2.75) is 6.92 Å². The van der Waals surface area contributed by atoms with Crippen LogP contribution in [-0.2, 0) is 0 Å². The standard InChI is InChI=1S/C17H13ClN4O2/c1-11(23)12-5-6-16(19-8-12)21-17(24)13-9-20-22(10-13)15-4-2-3-14(18)7-15/h2-10H,1H3,(H,19,21,24). The highest BCUT2D eigenvalue weighted by Crippen LogP contribution is 2.15. The Morgan fingerprint density at radius 3 is 2.62 bits per heavy atom. The van der Waals surface area contributed by atoms with E-state index in [4.69, 9.17) is 11.6 Å². The first kappa shape index (κ1) is 15.9. The second kappa shape index (κ2) is 6.64. The van der Waals surface area contributed by atoms with E-state index in [1.54, 1.807) is 41.2 Å². The van der Waals surface area contributed by atoms with Crippen LogP contribution in [0.2, 0.25) is 5.02 Å². The maximum atomic E-state index is 12.2. The quantitative estimate of drug-likeness (QED) is 0.739. The Balaban J connectivity index is 1.75. The Bertz CT molecular complexity index is 903. The molecule has 0 aliphatic rings. The van der Waals surface area contributed by atoms with Crippen molar-refractivity contribution in [2.24, 2.45) is 0 Å². The number of halogens is 1. The first-order chi connectivity index (χ1) is 11.5. The number of aromatic nitrogens is 3. The molecule has 0 saturated carbocycles. The summed E-state index contributed by atoms with van der Waals surface area (Å²) in [6, 6.07) is 10.3. The van der Waals surface area contributed by atoms with Crippen LogP contribution in [0, 0.1) is 0 Å². The Hall–Kier alpha value is -2.99. The predicted octanol–water partition coefficient (Wildman–Crippen LogP) is 3.38. The third kappa shape index (κ3) is 3.49. The maximum absolute atomic E-state index is 12.2. The molecule has 0 unspecified atom stereocenters. The summed E-state index contributed by atoms with van der Waals surface area (Å²) in [6.45, 7) is 1.46. The molecule has 0 bridgehead atoms. The molecular formula is C17H13ClN4O2. The maximum Gasteiger partial charge on any atom is 0.260 e.